The zero-order valence-electron chi connectivity index (χ0n) is 19.1. The second kappa shape index (κ2) is 11.1. The molecule has 2 aliphatic carbocycles. The van der Waals surface area contributed by atoms with Crippen molar-refractivity contribution in [2.24, 2.45) is 5.92 Å². The number of rotatable bonds is 8. The molecular formula is C26H35N3O2S. The molecule has 0 radical (unpaired) electrons. The van der Waals surface area contributed by atoms with E-state index in [4.69, 9.17) is 4.98 Å². The summed E-state index contributed by atoms with van der Waals surface area (Å²) in [7, 11) is 0. The minimum atomic E-state index is -0.196. The Morgan fingerprint density at radius 1 is 1.12 bits per heavy atom. The molecule has 2 aromatic rings. The number of thiazole rings is 1. The van der Waals surface area contributed by atoms with Gasteiger partial charge in [-0.1, -0.05) is 49.1 Å². The topological polar surface area (TPSA) is 71.1 Å². The number of anilines is 1. The summed E-state index contributed by atoms with van der Waals surface area (Å²) < 4.78 is 0. The lowest BCUT2D eigenvalue weighted by molar-refractivity contribution is -0.123. The molecule has 1 aromatic carbocycles. The van der Waals surface area contributed by atoms with E-state index in [0.717, 1.165) is 55.5 Å². The van der Waals surface area contributed by atoms with Crippen LogP contribution in [-0.2, 0) is 22.4 Å². The van der Waals surface area contributed by atoms with Crippen molar-refractivity contribution in [3.8, 4) is 0 Å². The van der Waals surface area contributed by atoms with Crippen molar-refractivity contribution < 1.29 is 9.59 Å². The van der Waals surface area contributed by atoms with Crippen molar-refractivity contribution >= 4 is 28.3 Å². The molecular weight excluding hydrogens is 418 g/mol. The maximum Gasteiger partial charge on any atom is 0.229 e. The number of nitrogens with one attached hydrogen (secondary N) is 2. The molecule has 1 atom stereocenters. The largest absolute Gasteiger partial charge is 0.356 e. The fraction of sp³-hybridized carbons (Fsp3) is 0.577. The van der Waals surface area contributed by atoms with Gasteiger partial charge in [-0.15, -0.1) is 11.3 Å². The fourth-order valence-electron chi connectivity index (χ4n) is 5.05. The van der Waals surface area contributed by atoms with Gasteiger partial charge >= 0.3 is 0 Å². The Labute approximate surface area is 195 Å². The molecule has 4 rings (SSSR count). The lowest BCUT2D eigenvalue weighted by Gasteiger charge is -2.20. The van der Waals surface area contributed by atoms with Crippen LogP contribution in [-0.4, -0.2) is 23.3 Å². The van der Waals surface area contributed by atoms with Crippen LogP contribution in [0.15, 0.2) is 24.3 Å². The van der Waals surface area contributed by atoms with Crippen LogP contribution in [0.2, 0.25) is 0 Å². The highest BCUT2D eigenvalue weighted by Gasteiger charge is 2.30. The third-order valence-corrected chi connectivity index (χ3v) is 7.79. The van der Waals surface area contributed by atoms with Gasteiger partial charge in [0, 0.05) is 17.8 Å². The van der Waals surface area contributed by atoms with E-state index in [-0.39, 0.29) is 17.7 Å². The predicted octanol–water partition coefficient (Wildman–Crippen LogP) is 5.53. The number of hydrogen-bond donors (Lipinski definition) is 2. The summed E-state index contributed by atoms with van der Waals surface area (Å²) in [6, 6.07) is 8.53. The second-order valence-corrected chi connectivity index (χ2v) is 10.5. The number of fused-ring (bicyclic) bond motifs is 1. The predicted molar refractivity (Wildman–Crippen MR) is 130 cm³/mol. The highest BCUT2D eigenvalue weighted by Crippen LogP contribution is 2.37. The van der Waals surface area contributed by atoms with Gasteiger partial charge in [0.05, 0.1) is 11.6 Å². The Morgan fingerprint density at radius 2 is 1.97 bits per heavy atom. The van der Waals surface area contributed by atoms with E-state index in [1.807, 2.05) is 0 Å². The zero-order chi connectivity index (χ0) is 22.3. The Morgan fingerprint density at radius 3 is 2.78 bits per heavy atom. The Hall–Kier alpha value is -2.21. The molecule has 2 aliphatic rings. The number of nitrogens with zero attached hydrogens (tertiary/aromatic N) is 1. The van der Waals surface area contributed by atoms with Crippen molar-refractivity contribution in [3.63, 3.8) is 0 Å². The average Bonchev–Trinajstić information content (AvgIpc) is 3.19. The van der Waals surface area contributed by atoms with Gasteiger partial charge in [-0.3, -0.25) is 9.59 Å². The smallest absolute Gasteiger partial charge is 0.229 e. The Kier molecular flexibility index (Phi) is 7.95. The van der Waals surface area contributed by atoms with Crippen LogP contribution >= 0.6 is 11.3 Å². The molecule has 1 aromatic heterocycles. The first-order chi connectivity index (χ1) is 15.6. The molecule has 0 aliphatic heterocycles. The van der Waals surface area contributed by atoms with Crippen molar-refractivity contribution in [3.05, 3.63) is 46.0 Å². The number of carbonyl (C=O) groups is 2. The van der Waals surface area contributed by atoms with E-state index >= 15 is 0 Å². The lowest BCUT2D eigenvalue weighted by Crippen LogP contribution is -2.32. The SMILES string of the molecule is Cc1cccc(CCCNC(=O)C2CCCc3sc(NC(=O)CC4CCCCC4)nc32)c1. The van der Waals surface area contributed by atoms with Gasteiger partial charge in [0.15, 0.2) is 5.13 Å². The molecule has 172 valence electrons. The van der Waals surface area contributed by atoms with Crippen LogP contribution in [0.25, 0.3) is 0 Å². The monoisotopic (exact) mass is 453 g/mol. The molecule has 1 fully saturated rings. The van der Waals surface area contributed by atoms with Crippen LogP contribution in [0.4, 0.5) is 5.13 Å². The summed E-state index contributed by atoms with van der Waals surface area (Å²) in [5.74, 6) is 0.454. The summed E-state index contributed by atoms with van der Waals surface area (Å²) in [6.45, 7) is 2.78. The van der Waals surface area contributed by atoms with E-state index < -0.39 is 0 Å². The molecule has 0 saturated heterocycles. The second-order valence-electron chi connectivity index (χ2n) is 9.41. The van der Waals surface area contributed by atoms with E-state index in [0.29, 0.717) is 24.0 Å². The van der Waals surface area contributed by atoms with E-state index in [1.165, 1.54) is 30.4 Å². The molecule has 2 amide bonds. The zero-order valence-corrected chi connectivity index (χ0v) is 19.9. The number of benzene rings is 1. The summed E-state index contributed by atoms with van der Waals surface area (Å²) in [5.41, 5.74) is 3.46. The molecule has 2 N–H and O–H groups in total. The Bertz CT molecular complexity index is 933. The van der Waals surface area contributed by atoms with Gasteiger partial charge in [0.1, 0.15) is 0 Å². The quantitative estimate of drug-likeness (QED) is 0.516. The molecule has 32 heavy (non-hydrogen) atoms. The van der Waals surface area contributed by atoms with Gasteiger partial charge in [-0.2, -0.15) is 0 Å². The van der Waals surface area contributed by atoms with E-state index in [1.54, 1.807) is 11.3 Å². The summed E-state index contributed by atoms with van der Waals surface area (Å²) in [4.78, 5) is 31.2. The minimum absolute atomic E-state index is 0.0696. The number of hydrogen-bond acceptors (Lipinski definition) is 4. The van der Waals surface area contributed by atoms with Gasteiger partial charge in [0.2, 0.25) is 11.8 Å². The molecule has 6 heteroatoms. The summed E-state index contributed by atoms with van der Waals surface area (Å²) in [5, 5.41) is 6.80. The number of aromatic nitrogens is 1. The van der Waals surface area contributed by atoms with Crippen molar-refractivity contribution in [1.29, 1.82) is 0 Å². The highest BCUT2D eigenvalue weighted by molar-refractivity contribution is 7.15. The number of amides is 2. The van der Waals surface area contributed by atoms with Crippen LogP contribution < -0.4 is 10.6 Å². The van der Waals surface area contributed by atoms with Crippen molar-refractivity contribution in [2.75, 3.05) is 11.9 Å². The van der Waals surface area contributed by atoms with Crippen molar-refractivity contribution in [2.45, 2.75) is 83.5 Å². The fourth-order valence-corrected chi connectivity index (χ4v) is 6.13. The third-order valence-electron chi connectivity index (χ3n) is 6.74. The minimum Gasteiger partial charge on any atom is -0.356 e. The molecule has 1 heterocycles. The van der Waals surface area contributed by atoms with Crippen LogP contribution in [0.1, 0.15) is 85.4 Å². The normalized spacial score (nSPS) is 18.7. The maximum atomic E-state index is 12.9. The third kappa shape index (κ3) is 6.18. The van der Waals surface area contributed by atoms with Crippen LogP contribution in [0, 0.1) is 12.8 Å². The van der Waals surface area contributed by atoms with Crippen molar-refractivity contribution in [1.82, 2.24) is 10.3 Å². The first kappa shape index (κ1) is 23.0. The molecule has 5 nitrogen and oxygen atoms in total. The highest BCUT2D eigenvalue weighted by atomic mass is 32.1. The van der Waals surface area contributed by atoms with Gasteiger partial charge in [-0.25, -0.2) is 4.98 Å². The molecule has 1 unspecified atom stereocenters. The van der Waals surface area contributed by atoms with Crippen LogP contribution in [0.3, 0.4) is 0 Å². The first-order valence-corrected chi connectivity index (χ1v) is 13.0. The van der Waals surface area contributed by atoms with Crippen LogP contribution in [0.5, 0.6) is 0 Å². The standard InChI is InChI=1S/C26H35N3O2S/c1-18-8-5-11-19(16-18)12-7-15-27-25(31)21-13-6-14-22-24(21)29-26(32-22)28-23(30)17-20-9-3-2-4-10-20/h5,8,11,16,20-21H,2-4,6-7,9-10,12-15,17H2,1H3,(H,27,31)(H,28,29,30). The maximum absolute atomic E-state index is 12.9. The van der Waals surface area contributed by atoms with E-state index in [2.05, 4.69) is 41.8 Å². The lowest BCUT2D eigenvalue weighted by atomic mass is 9.87. The summed E-state index contributed by atoms with van der Waals surface area (Å²) in [6.07, 6.45) is 11.4. The number of carbonyl (C=O) groups excluding carboxylic acids is 2. The van der Waals surface area contributed by atoms with Gasteiger partial charge < -0.3 is 10.6 Å². The van der Waals surface area contributed by atoms with Gasteiger partial charge in [-0.05, 0) is 63.4 Å². The van der Waals surface area contributed by atoms with Gasteiger partial charge in [0.25, 0.3) is 0 Å². The molecule has 0 bridgehead atoms. The molecule has 1 saturated carbocycles. The molecule has 0 spiro atoms. The average molecular weight is 454 g/mol. The summed E-state index contributed by atoms with van der Waals surface area (Å²) >= 11 is 1.55. The Balaban J connectivity index is 1.28. The number of aryl methyl sites for hydroxylation is 3. The first-order valence-electron chi connectivity index (χ1n) is 12.2. The van der Waals surface area contributed by atoms with E-state index in [9.17, 15) is 9.59 Å².